The first-order valence-corrected chi connectivity index (χ1v) is 6.84. The number of nitrogens with two attached hydrogens (primary N) is 1. The molecule has 100 valence electrons. The molecular formula is C14H28N2O. The maximum Gasteiger partial charge on any atom is 0.226 e. The molecule has 1 saturated carbocycles. The summed E-state index contributed by atoms with van der Waals surface area (Å²) in [6.07, 6.45) is 4.12. The Labute approximate surface area is 106 Å². The summed E-state index contributed by atoms with van der Waals surface area (Å²) in [6, 6.07) is 0.191. The van der Waals surface area contributed by atoms with Crippen LogP contribution in [-0.2, 0) is 4.79 Å². The van der Waals surface area contributed by atoms with E-state index >= 15 is 0 Å². The van der Waals surface area contributed by atoms with Gasteiger partial charge in [-0.05, 0) is 39.0 Å². The standard InChI is InChI=1S/C14H28N2O/c1-6-14(3,4)16(5)13(17)11-8-7-9-12(15)10(11)2/h10-12H,6-9,15H2,1-5H3. The maximum atomic E-state index is 12.5. The van der Waals surface area contributed by atoms with Crippen LogP contribution in [0.1, 0.15) is 53.4 Å². The van der Waals surface area contributed by atoms with Crippen molar-refractivity contribution in [2.24, 2.45) is 17.6 Å². The Morgan fingerprint density at radius 2 is 2.00 bits per heavy atom. The summed E-state index contributed by atoms with van der Waals surface area (Å²) in [7, 11) is 1.93. The van der Waals surface area contributed by atoms with Gasteiger partial charge in [-0.2, -0.15) is 0 Å². The van der Waals surface area contributed by atoms with Gasteiger partial charge in [0.05, 0.1) is 0 Å². The van der Waals surface area contributed by atoms with Crippen molar-refractivity contribution >= 4 is 5.91 Å². The molecule has 3 nitrogen and oxygen atoms in total. The Morgan fingerprint density at radius 3 is 2.53 bits per heavy atom. The second-order valence-electron chi connectivity index (χ2n) is 6.12. The first kappa shape index (κ1) is 14.5. The molecule has 17 heavy (non-hydrogen) atoms. The quantitative estimate of drug-likeness (QED) is 0.823. The highest BCUT2D eigenvalue weighted by molar-refractivity contribution is 5.79. The molecular weight excluding hydrogens is 212 g/mol. The number of amides is 1. The second-order valence-corrected chi connectivity index (χ2v) is 6.12. The molecule has 1 aliphatic rings. The van der Waals surface area contributed by atoms with Crippen LogP contribution in [0.4, 0.5) is 0 Å². The summed E-state index contributed by atoms with van der Waals surface area (Å²) in [5.41, 5.74) is 6.02. The minimum absolute atomic E-state index is 0.0572. The summed E-state index contributed by atoms with van der Waals surface area (Å²) < 4.78 is 0. The van der Waals surface area contributed by atoms with Gasteiger partial charge in [0.25, 0.3) is 0 Å². The highest BCUT2D eigenvalue weighted by Crippen LogP contribution is 2.32. The lowest BCUT2D eigenvalue weighted by molar-refractivity contribution is -0.142. The molecule has 3 unspecified atom stereocenters. The summed E-state index contributed by atoms with van der Waals surface area (Å²) in [5.74, 6) is 0.709. The lowest BCUT2D eigenvalue weighted by Gasteiger charge is -2.41. The van der Waals surface area contributed by atoms with Gasteiger partial charge in [0.1, 0.15) is 0 Å². The van der Waals surface area contributed by atoms with Crippen molar-refractivity contribution in [1.29, 1.82) is 0 Å². The van der Waals surface area contributed by atoms with Crippen molar-refractivity contribution in [2.45, 2.75) is 65.0 Å². The van der Waals surface area contributed by atoms with Gasteiger partial charge in [-0.1, -0.05) is 20.3 Å². The zero-order valence-electron chi connectivity index (χ0n) is 12.0. The minimum atomic E-state index is -0.0572. The molecule has 2 N–H and O–H groups in total. The third-order valence-electron chi connectivity index (χ3n) is 4.78. The van der Waals surface area contributed by atoms with Crippen LogP contribution < -0.4 is 5.73 Å². The van der Waals surface area contributed by atoms with E-state index in [9.17, 15) is 4.79 Å². The molecule has 0 aromatic carbocycles. The van der Waals surface area contributed by atoms with Crippen molar-refractivity contribution < 1.29 is 4.79 Å². The number of carbonyl (C=O) groups is 1. The first-order valence-electron chi connectivity index (χ1n) is 6.84. The van der Waals surface area contributed by atoms with Crippen molar-refractivity contribution in [3.05, 3.63) is 0 Å². The third kappa shape index (κ3) is 3.01. The number of hydrogen-bond donors (Lipinski definition) is 1. The van der Waals surface area contributed by atoms with Crippen LogP contribution >= 0.6 is 0 Å². The molecule has 0 aromatic rings. The van der Waals surface area contributed by atoms with E-state index in [4.69, 9.17) is 5.73 Å². The highest BCUT2D eigenvalue weighted by atomic mass is 16.2. The number of carbonyl (C=O) groups excluding carboxylic acids is 1. The largest absolute Gasteiger partial charge is 0.340 e. The second kappa shape index (κ2) is 5.38. The summed E-state index contributed by atoms with van der Waals surface area (Å²) in [6.45, 7) is 8.50. The number of rotatable bonds is 3. The molecule has 0 aromatic heterocycles. The fraction of sp³-hybridized carbons (Fsp3) is 0.929. The van der Waals surface area contributed by atoms with E-state index in [-0.39, 0.29) is 23.4 Å². The Kier molecular flexibility index (Phi) is 4.59. The van der Waals surface area contributed by atoms with E-state index in [1.54, 1.807) is 0 Å². The van der Waals surface area contributed by atoms with Gasteiger partial charge >= 0.3 is 0 Å². The van der Waals surface area contributed by atoms with E-state index in [2.05, 4.69) is 27.7 Å². The lowest BCUT2D eigenvalue weighted by atomic mass is 9.76. The van der Waals surface area contributed by atoms with E-state index < -0.39 is 0 Å². The number of nitrogens with zero attached hydrogens (tertiary/aromatic N) is 1. The van der Waals surface area contributed by atoms with Gasteiger partial charge in [0.15, 0.2) is 0 Å². The van der Waals surface area contributed by atoms with Gasteiger partial charge in [-0.3, -0.25) is 4.79 Å². The van der Waals surface area contributed by atoms with Gasteiger partial charge in [-0.15, -0.1) is 0 Å². The van der Waals surface area contributed by atoms with Crippen LogP contribution in [-0.4, -0.2) is 29.4 Å². The van der Waals surface area contributed by atoms with Crippen LogP contribution in [0.5, 0.6) is 0 Å². The molecule has 0 heterocycles. The van der Waals surface area contributed by atoms with E-state index in [1.807, 2.05) is 11.9 Å². The van der Waals surface area contributed by atoms with Crippen LogP contribution in [0.3, 0.4) is 0 Å². The van der Waals surface area contributed by atoms with Crippen molar-refractivity contribution in [1.82, 2.24) is 4.90 Å². The number of hydrogen-bond acceptors (Lipinski definition) is 2. The average molecular weight is 240 g/mol. The third-order valence-corrected chi connectivity index (χ3v) is 4.78. The van der Waals surface area contributed by atoms with E-state index in [0.717, 1.165) is 25.7 Å². The molecule has 1 fully saturated rings. The fourth-order valence-corrected chi connectivity index (χ4v) is 2.53. The van der Waals surface area contributed by atoms with Crippen LogP contribution in [0.2, 0.25) is 0 Å². The highest BCUT2D eigenvalue weighted by Gasteiger charge is 2.37. The van der Waals surface area contributed by atoms with Crippen molar-refractivity contribution in [3.8, 4) is 0 Å². The van der Waals surface area contributed by atoms with E-state index in [1.165, 1.54) is 0 Å². The summed E-state index contributed by atoms with van der Waals surface area (Å²) >= 11 is 0. The average Bonchev–Trinajstić information content (AvgIpc) is 2.30. The van der Waals surface area contributed by atoms with Crippen LogP contribution in [0, 0.1) is 11.8 Å². The monoisotopic (exact) mass is 240 g/mol. The van der Waals surface area contributed by atoms with Gasteiger partial charge in [-0.25, -0.2) is 0 Å². The SMILES string of the molecule is CCC(C)(C)N(C)C(=O)C1CCCC(N)C1C. The Bertz CT molecular complexity index is 275. The molecule has 1 rings (SSSR count). The lowest BCUT2D eigenvalue weighted by Crippen LogP contribution is -2.51. The van der Waals surface area contributed by atoms with Crippen molar-refractivity contribution in [3.63, 3.8) is 0 Å². The molecule has 3 heteroatoms. The molecule has 1 amide bonds. The Hall–Kier alpha value is -0.570. The summed E-state index contributed by atoms with van der Waals surface area (Å²) in [5, 5.41) is 0. The van der Waals surface area contributed by atoms with Crippen molar-refractivity contribution in [2.75, 3.05) is 7.05 Å². The zero-order chi connectivity index (χ0) is 13.2. The molecule has 0 spiro atoms. The molecule has 0 saturated heterocycles. The topological polar surface area (TPSA) is 46.3 Å². The maximum absolute atomic E-state index is 12.5. The fourth-order valence-electron chi connectivity index (χ4n) is 2.53. The molecule has 0 aliphatic heterocycles. The smallest absolute Gasteiger partial charge is 0.226 e. The molecule has 3 atom stereocenters. The van der Waals surface area contributed by atoms with Crippen LogP contribution in [0.15, 0.2) is 0 Å². The molecule has 0 radical (unpaired) electrons. The van der Waals surface area contributed by atoms with Gasteiger partial charge in [0, 0.05) is 24.5 Å². The Morgan fingerprint density at radius 1 is 1.41 bits per heavy atom. The van der Waals surface area contributed by atoms with E-state index in [0.29, 0.717) is 5.92 Å². The van der Waals surface area contributed by atoms with Gasteiger partial charge in [0.2, 0.25) is 5.91 Å². The molecule has 1 aliphatic carbocycles. The van der Waals surface area contributed by atoms with Crippen LogP contribution in [0.25, 0.3) is 0 Å². The minimum Gasteiger partial charge on any atom is -0.340 e. The van der Waals surface area contributed by atoms with Gasteiger partial charge < -0.3 is 10.6 Å². The predicted octanol–water partition coefficient (Wildman–Crippen LogP) is 2.40. The predicted molar refractivity (Wildman–Crippen MR) is 71.6 cm³/mol. The normalized spacial score (nSPS) is 30.1. The Balaban J connectivity index is 2.75. The molecule has 0 bridgehead atoms. The zero-order valence-corrected chi connectivity index (χ0v) is 12.0. The first-order chi connectivity index (χ1) is 7.81. The summed E-state index contributed by atoms with van der Waals surface area (Å²) in [4.78, 5) is 14.5.